The predicted octanol–water partition coefficient (Wildman–Crippen LogP) is 3.62. The molecule has 1 saturated heterocycles. The third kappa shape index (κ3) is 5.08. The van der Waals surface area contributed by atoms with Crippen LogP contribution in [0.25, 0.3) is 21.8 Å². The fourth-order valence-corrected chi connectivity index (χ4v) is 6.44. The molecule has 3 aromatic rings. The van der Waals surface area contributed by atoms with Gasteiger partial charge in [0.2, 0.25) is 21.7 Å². The minimum atomic E-state index is -3.18. The molecule has 2 N–H and O–H groups in total. The Balaban J connectivity index is 1.29. The number of piperidine rings is 1. The maximum Gasteiger partial charge on any atom is 0.231 e. The van der Waals surface area contributed by atoms with Crippen LogP contribution in [-0.4, -0.2) is 63.8 Å². The highest BCUT2D eigenvalue weighted by molar-refractivity contribution is 7.90. The van der Waals surface area contributed by atoms with Crippen molar-refractivity contribution in [1.82, 2.24) is 29.4 Å². The van der Waals surface area contributed by atoms with Crippen molar-refractivity contribution in [1.29, 1.82) is 0 Å². The first-order chi connectivity index (χ1) is 18.5. The average molecular weight is 530 g/mol. The number of aromatic nitrogens is 4. The van der Waals surface area contributed by atoms with Crippen LogP contribution in [0.1, 0.15) is 35.4 Å². The van der Waals surface area contributed by atoms with Gasteiger partial charge in [0.05, 0.1) is 34.4 Å². The smallest absolute Gasteiger partial charge is 0.231 e. The van der Waals surface area contributed by atoms with Crippen molar-refractivity contribution < 1.29 is 12.5 Å². The van der Waals surface area contributed by atoms with Crippen molar-refractivity contribution in [3.63, 3.8) is 0 Å². The Hall–Kier alpha value is -3.04. The number of rotatable bonds is 8. The lowest BCUT2D eigenvalue weighted by Crippen LogP contribution is -2.43. The molecule has 1 aromatic carbocycles. The highest BCUT2D eigenvalue weighted by atomic mass is 35.5. The third-order valence-corrected chi connectivity index (χ3v) is 9.09. The van der Waals surface area contributed by atoms with Gasteiger partial charge in [0.25, 0.3) is 0 Å². The van der Waals surface area contributed by atoms with E-state index in [1.807, 2.05) is 0 Å². The molecule has 0 bridgehead atoms. The largest absolute Gasteiger partial charge is 0.351 e. The summed E-state index contributed by atoms with van der Waals surface area (Å²) >= 11 is 6.47. The number of anilines is 1. The quantitative estimate of drug-likeness (QED) is 0.429. The Morgan fingerprint density at radius 2 is 2.06 bits per heavy atom. The summed E-state index contributed by atoms with van der Waals surface area (Å²) in [7, 11) is -3.18. The van der Waals surface area contributed by atoms with E-state index in [9.17, 15) is 8.42 Å². The normalized spacial score (nSPS) is 18.7. The van der Waals surface area contributed by atoms with Crippen LogP contribution in [0.15, 0.2) is 36.8 Å². The van der Waals surface area contributed by atoms with Gasteiger partial charge in [-0.05, 0) is 50.4 Å². The Kier molecular flexibility index (Phi) is 5.94. The molecule has 5 rings (SSSR count). The van der Waals surface area contributed by atoms with Gasteiger partial charge in [-0.25, -0.2) is 32.2 Å². The van der Waals surface area contributed by atoms with Gasteiger partial charge in [0, 0.05) is 47.7 Å². The summed E-state index contributed by atoms with van der Waals surface area (Å²) in [6.45, 7) is 6.37. The van der Waals surface area contributed by atoms with E-state index in [1.54, 1.807) is 39.6 Å². The lowest BCUT2D eigenvalue weighted by molar-refractivity contribution is 0.328. The summed E-state index contributed by atoms with van der Waals surface area (Å²) in [4.78, 5) is 12.4. The first-order valence-corrected chi connectivity index (χ1v) is 13.5. The number of hydrogen-bond acceptors (Lipinski definition) is 7. The summed E-state index contributed by atoms with van der Waals surface area (Å²) in [5, 5.41) is 10.3. The van der Waals surface area contributed by atoms with Crippen molar-refractivity contribution in [2.45, 2.75) is 43.5 Å². The summed E-state index contributed by atoms with van der Waals surface area (Å²) in [5.74, 6) is 0.359. The number of benzene rings is 1. The Morgan fingerprint density at radius 3 is 2.75 bits per heavy atom. The highest BCUT2D eigenvalue weighted by Gasteiger charge is 2.41. The van der Waals surface area contributed by atoms with Crippen LogP contribution in [0.4, 0.5) is 11.6 Å². The van der Waals surface area contributed by atoms with Crippen molar-refractivity contribution in [2.24, 2.45) is 0 Å². The second-order valence-electron chi connectivity index (χ2n) is 8.91. The molecule has 2 fully saturated rings. The Labute approximate surface area is 219 Å². The van der Waals surface area contributed by atoms with Crippen molar-refractivity contribution in [3.05, 3.63) is 58.8 Å². The first-order valence-electron chi connectivity index (χ1n) is 13.1. The monoisotopic (exact) mass is 529 g/mol. The van der Waals surface area contributed by atoms with Crippen LogP contribution >= 0.6 is 11.6 Å². The molecule has 188 valence electrons. The fourth-order valence-electron chi connectivity index (χ4n) is 4.28. The van der Waals surface area contributed by atoms with Gasteiger partial charge in [-0.1, -0.05) is 17.7 Å². The molecule has 0 radical (unpaired) electrons. The molecule has 1 aliphatic carbocycles. The molecular formula is C24H27ClN8O2S. The van der Waals surface area contributed by atoms with Crippen molar-refractivity contribution >= 4 is 33.3 Å². The number of nitrogens with one attached hydrogen (secondary N) is 2. The predicted molar refractivity (Wildman–Crippen MR) is 139 cm³/mol. The number of hydrogen-bond donors (Lipinski definition) is 2. The van der Waals surface area contributed by atoms with Crippen LogP contribution in [0.3, 0.4) is 0 Å². The zero-order chi connectivity index (χ0) is 27.8. The second-order valence-corrected chi connectivity index (χ2v) is 11.5. The maximum absolute atomic E-state index is 12.5. The number of halogens is 1. The molecule has 36 heavy (non-hydrogen) atoms. The molecule has 12 heteroatoms. The lowest BCUT2D eigenvalue weighted by Gasteiger charge is -2.31. The topological polar surface area (TPSA) is 109 Å². The van der Waals surface area contributed by atoms with Gasteiger partial charge in [-0.15, -0.1) is 0 Å². The zero-order valence-electron chi connectivity index (χ0n) is 22.4. The minimum Gasteiger partial charge on any atom is -0.351 e. The number of nitrogens with zero attached hydrogens (tertiary/aromatic N) is 6. The molecule has 1 saturated carbocycles. The fraction of sp³-hybridized carbons (Fsp3) is 0.417. The number of sulfonamides is 1. The van der Waals surface area contributed by atoms with E-state index >= 15 is 0 Å². The lowest BCUT2D eigenvalue weighted by atomic mass is 10.1. The van der Waals surface area contributed by atoms with Gasteiger partial charge < -0.3 is 10.6 Å². The van der Waals surface area contributed by atoms with Gasteiger partial charge in [-0.2, -0.15) is 5.10 Å². The third-order valence-electron chi connectivity index (χ3n) is 6.39. The van der Waals surface area contributed by atoms with Crippen LogP contribution < -0.4 is 10.6 Å². The minimum absolute atomic E-state index is 0.0159. The van der Waals surface area contributed by atoms with E-state index in [0.717, 1.165) is 12.8 Å². The standard InChI is InChI=1S/C24H27ClN8O2S/c1-26-12-16-3-6-22(20(25)11-16)33-15-17(13-29-33)23-21(27-2)14-28-24(31-23)30-18-7-9-32(10-8-18)36(34,35)19-4-5-19/h3,6,11,13-15,18-19,26H,4-5,7-10,12H2,1H3,(H,28,30,31)/i1D3. The van der Waals surface area contributed by atoms with Crippen LogP contribution in [0, 0.1) is 6.57 Å². The molecule has 0 unspecified atom stereocenters. The molecule has 3 heterocycles. The molecule has 0 spiro atoms. The average Bonchev–Trinajstić information content (AvgIpc) is 3.66. The molecular weight excluding hydrogens is 500 g/mol. The van der Waals surface area contributed by atoms with E-state index < -0.39 is 17.0 Å². The maximum atomic E-state index is 12.5. The second kappa shape index (κ2) is 10.1. The molecule has 2 aromatic heterocycles. The van der Waals surface area contributed by atoms with E-state index in [4.69, 9.17) is 22.3 Å². The van der Waals surface area contributed by atoms with Crippen molar-refractivity contribution in [2.75, 3.05) is 25.4 Å². The van der Waals surface area contributed by atoms with Gasteiger partial charge >= 0.3 is 0 Å². The van der Waals surface area contributed by atoms with Gasteiger partial charge in [0.15, 0.2) is 0 Å². The summed E-state index contributed by atoms with van der Waals surface area (Å²) < 4.78 is 50.0. The summed E-state index contributed by atoms with van der Waals surface area (Å²) in [5.41, 5.74) is 2.58. The van der Waals surface area contributed by atoms with E-state index in [1.165, 1.54) is 6.20 Å². The SMILES string of the molecule is [2H]C([2H])([2H])NCc1ccc(-n2cc(-c3nc(NC4CCN(S(=O)(=O)C5CC5)CC4)ncc3[N+]#[C-])cn2)c(Cl)c1. The Bertz CT molecular complexity index is 1510. The molecule has 1 aliphatic heterocycles. The van der Waals surface area contributed by atoms with Crippen LogP contribution in [0.2, 0.25) is 5.02 Å². The summed E-state index contributed by atoms with van der Waals surface area (Å²) in [6, 6.07) is 5.20. The first kappa shape index (κ1) is 21.1. The van der Waals surface area contributed by atoms with E-state index in [0.29, 0.717) is 59.4 Å². The van der Waals surface area contributed by atoms with E-state index in [2.05, 4.69) is 30.5 Å². The van der Waals surface area contributed by atoms with Crippen LogP contribution in [0.5, 0.6) is 0 Å². The molecule has 0 amide bonds. The summed E-state index contributed by atoms with van der Waals surface area (Å²) in [6.07, 6.45) is 7.55. The zero-order valence-corrected chi connectivity index (χ0v) is 20.9. The molecule has 2 aliphatic rings. The Morgan fingerprint density at radius 1 is 1.25 bits per heavy atom. The van der Waals surface area contributed by atoms with Gasteiger partial charge in [-0.3, -0.25) is 0 Å². The molecule has 10 nitrogen and oxygen atoms in total. The molecule has 0 atom stereocenters. The highest BCUT2D eigenvalue weighted by Crippen LogP contribution is 2.33. The van der Waals surface area contributed by atoms with Gasteiger partial charge in [0.1, 0.15) is 0 Å². The van der Waals surface area contributed by atoms with Crippen LogP contribution in [-0.2, 0) is 16.6 Å². The van der Waals surface area contributed by atoms with Crippen molar-refractivity contribution in [3.8, 4) is 16.9 Å². The van der Waals surface area contributed by atoms with E-state index in [-0.39, 0.29) is 23.5 Å².